The van der Waals surface area contributed by atoms with Gasteiger partial charge in [0.15, 0.2) is 5.82 Å². The van der Waals surface area contributed by atoms with Crippen LogP contribution in [0, 0.1) is 0 Å². The summed E-state index contributed by atoms with van der Waals surface area (Å²) in [6, 6.07) is 13.0. The molecule has 0 spiro atoms. The van der Waals surface area contributed by atoms with Crippen LogP contribution in [0.3, 0.4) is 0 Å². The predicted molar refractivity (Wildman–Crippen MR) is 98.7 cm³/mol. The number of alkyl halides is 3. The van der Waals surface area contributed by atoms with E-state index < -0.39 is 11.7 Å². The van der Waals surface area contributed by atoms with E-state index in [9.17, 15) is 13.2 Å². The van der Waals surface area contributed by atoms with Gasteiger partial charge in [-0.2, -0.15) is 13.2 Å². The van der Waals surface area contributed by atoms with Gasteiger partial charge in [-0.25, -0.2) is 9.97 Å². The fourth-order valence-electron chi connectivity index (χ4n) is 2.39. The van der Waals surface area contributed by atoms with E-state index in [0.717, 1.165) is 24.0 Å². The quantitative estimate of drug-likeness (QED) is 0.650. The molecule has 0 amide bonds. The van der Waals surface area contributed by atoms with Crippen LogP contribution in [0.1, 0.15) is 19.4 Å². The average Bonchev–Trinajstić information content (AvgIpc) is 2.61. The highest BCUT2D eigenvalue weighted by molar-refractivity contribution is 5.63. The molecule has 0 aliphatic heterocycles. The maximum atomic E-state index is 13.0. The fraction of sp³-hybridized carbons (Fsp3) is 0.211. The van der Waals surface area contributed by atoms with Crippen molar-refractivity contribution < 1.29 is 13.2 Å². The minimum absolute atomic E-state index is 0.0494. The number of para-hydroxylation sites is 1. The zero-order valence-corrected chi connectivity index (χ0v) is 14.7. The van der Waals surface area contributed by atoms with Crippen molar-refractivity contribution in [3.05, 3.63) is 60.3 Å². The smallest absolute Gasteiger partial charge is 0.368 e. The number of halogens is 3. The van der Waals surface area contributed by atoms with Crippen LogP contribution in [0.4, 0.5) is 30.5 Å². The van der Waals surface area contributed by atoms with E-state index in [1.54, 1.807) is 6.07 Å². The lowest BCUT2D eigenvalue weighted by atomic mass is 10.2. The summed E-state index contributed by atoms with van der Waals surface area (Å²) >= 11 is 0. The van der Waals surface area contributed by atoms with Gasteiger partial charge in [0.2, 0.25) is 0 Å². The highest BCUT2D eigenvalue weighted by atomic mass is 19.4. The zero-order chi connectivity index (χ0) is 19.4. The van der Waals surface area contributed by atoms with E-state index in [4.69, 9.17) is 0 Å². The number of hydrogen-bond acceptors (Lipinski definition) is 5. The molecular weight excluding hydrogens is 355 g/mol. The second-order valence-electron chi connectivity index (χ2n) is 6.18. The molecule has 0 aliphatic carbocycles. The Hall–Kier alpha value is -3.16. The van der Waals surface area contributed by atoms with Crippen molar-refractivity contribution in [2.45, 2.75) is 26.1 Å². The third kappa shape index (κ3) is 4.93. The van der Waals surface area contributed by atoms with Gasteiger partial charge in [0.25, 0.3) is 0 Å². The Balaban J connectivity index is 2.02. The standard InChI is InChI=1S/C19H18F3N5/c1-12(2)24-16-11-17(25-14-6-4-3-5-7-14)27-18(26-16)15-10-13(8-9-23-15)19(20,21)22/h3-12H,1-2H3,(H2,24,25,26,27). The first-order chi connectivity index (χ1) is 12.8. The van der Waals surface area contributed by atoms with Crippen molar-refractivity contribution in [3.63, 3.8) is 0 Å². The maximum absolute atomic E-state index is 13.0. The molecule has 140 valence electrons. The van der Waals surface area contributed by atoms with E-state index in [0.29, 0.717) is 11.6 Å². The lowest BCUT2D eigenvalue weighted by Gasteiger charge is -2.14. The van der Waals surface area contributed by atoms with Gasteiger partial charge < -0.3 is 10.6 Å². The average molecular weight is 373 g/mol. The summed E-state index contributed by atoms with van der Waals surface area (Å²) in [5.74, 6) is 1.05. The lowest BCUT2D eigenvalue weighted by molar-refractivity contribution is -0.137. The number of rotatable bonds is 5. The Morgan fingerprint density at radius 1 is 0.926 bits per heavy atom. The Kier molecular flexibility index (Phi) is 5.25. The molecule has 0 atom stereocenters. The third-order valence-electron chi connectivity index (χ3n) is 3.53. The van der Waals surface area contributed by atoms with Gasteiger partial charge in [0.05, 0.1) is 5.56 Å². The first-order valence-electron chi connectivity index (χ1n) is 8.32. The molecule has 5 nitrogen and oxygen atoms in total. The van der Waals surface area contributed by atoms with Gasteiger partial charge in [0, 0.05) is 24.0 Å². The molecule has 0 aliphatic rings. The van der Waals surface area contributed by atoms with E-state index in [1.165, 1.54) is 0 Å². The minimum Gasteiger partial charge on any atom is -0.368 e. The number of aromatic nitrogens is 3. The van der Waals surface area contributed by atoms with Gasteiger partial charge >= 0.3 is 6.18 Å². The molecule has 0 saturated carbocycles. The fourth-order valence-corrected chi connectivity index (χ4v) is 2.39. The normalized spacial score (nSPS) is 11.5. The van der Waals surface area contributed by atoms with Crippen LogP contribution in [-0.2, 0) is 6.18 Å². The molecule has 0 unspecified atom stereocenters. The number of hydrogen-bond donors (Lipinski definition) is 2. The van der Waals surface area contributed by atoms with Gasteiger partial charge in [0.1, 0.15) is 17.3 Å². The molecule has 2 aromatic heterocycles. The summed E-state index contributed by atoms with van der Waals surface area (Å²) < 4.78 is 39.0. The number of nitrogens with one attached hydrogen (secondary N) is 2. The van der Waals surface area contributed by atoms with Crippen LogP contribution < -0.4 is 10.6 Å². The Labute approximate surface area is 154 Å². The monoisotopic (exact) mass is 373 g/mol. The van der Waals surface area contributed by atoms with E-state index in [-0.39, 0.29) is 17.6 Å². The number of nitrogens with zero attached hydrogens (tertiary/aromatic N) is 3. The molecule has 3 rings (SSSR count). The van der Waals surface area contributed by atoms with Gasteiger partial charge in [-0.1, -0.05) is 18.2 Å². The van der Waals surface area contributed by atoms with Gasteiger partial charge in [-0.05, 0) is 38.1 Å². The molecule has 1 aromatic carbocycles. The van der Waals surface area contributed by atoms with Crippen LogP contribution in [0.25, 0.3) is 11.5 Å². The Bertz CT molecular complexity index is 911. The molecule has 2 heterocycles. The molecule has 8 heteroatoms. The summed E-state index contributed by atoms with van der Waals surface area (Å²) in [6.45, 7) is 3.88. The highest BCUT2D eigenvalue weighted by Crippen LogP contribution is 2.31. The van der Waals surface area contributed by atoms with Gasteiger partial charge in [-0.3, -0.25) is 4.98 Å². The number of benzene rings is 1. The number of pyridine rings is 1. The minimum atomic E-state index is -4.46. The van der Waals surface area contributed by atoms with Crippen molar-refractivity contribution in [1.82, 2.24) is 15.0 Å². The summed E-state index contributed by atoms with van der Waals surface area (Å²) in [5, 5.41) is 6.28. The molecule has 27 heavy (non-hydrogen) atoms. The SMILES string of the molecule is CC(C)Nc1cc(Nc2ccccc2)nc(-c2cc(C(F)(F)F)ccn2)n1. The van der Waals surface area contributed by atoms with Crippen molar-refractivity contribution >= 4 is 17.3 Å². The van der Waals surface area contributed by atoms with E-state index >= 15 is 0 Å². The lowest BCUT2D eigenvalue weighted by Crippen LogP contribution is -2.12. The number of anilines is 3. The maximum Gasteiger partial charge on any atom is 0.416 e. The summed E-state index contributed by atoms with van der Waals surface area (Å²) in [7, 11) is 0. The molecule has 0 saturated heterocycles. The molecule has 0 fully saturated rings. The first kappa shape index (κ1) is 18.6. The molecule has 0 bridgehead atoms. The van der Waals surface area contributed by atoms with Crippen molar-refractivity contribution in [1.29, 1.82) is 0 Å². The largest absolute Gasteiger partial charge is 0.416 e. The van der Waals surface area contributed by atoms with Crippen LogP contribution in [-0.4, -0.2) is 21.0 Å². The van der Waals surface area contributed by atoms with Crippen LogP contribution in [0.2, 0.25) is 0 Å². The Morgan fingerprint density at radius 3 is 2.30 bits per heavy atom. The topological polar surface area (TPSA) is 62.7 Å². The van der Waals surface area contributed by atoms with E-state index in [2.05, 4.69) is 25.6 Å². The third-order valence-corrected chi connectivity index (χ3v) is 3.53. The van der Waals surface area contributed by atoms with Crippen molar-refractivity contribution in [2.24, 2.45) is 0 Å². The molecule has 3 aromatic rings. The van der Waals surface area contributed by atoms with Crippen LogP contribution in [0.15, 0.2) is 54.7 Å². The van der Waals surface area contributed by atoms with Crippen molar-refractivity contribution in [2.75, 3.05) is 10.6 Å². The molecular formula is C19H18F3N5. The Morgan fingerprint density at radius 2 is 1.63 bits per heavy atom. The molecule has 2 N–H and O–H groups in total. The van der Waals surface area contributed by atoms with Gasteiger partial charge in [-0.15, -0.1) is 0 Å². The van der Waals surface area contributed by atoms with Crippen LogP contribution >= 0.6 is 0 Å². The second-order valence-corrected chi connectivity index (χ2v) is 6.18. The summed E-state index contributed by atoms with van der Waals surface area (Å²) in [6.07, 6.45) is -3.36. The highest BCUT2D eigenvalue weighted by Gasteiger charge is 2.31. The molecule has 0 radical (unpaired) electrons. The summed E-state index contributed by atoms with van der Waals surface area (Å²) in [5.41, 5.74) is 0.0545. The summed E-state index contributed by atoms with van der Waals surface area (Å²) in [4.78, 5) is 12.7. The zero-order valence-electron chi connectivity index (χ0n) is 14.7. The van der Waals surface area contributed by atoms with Crippen molar-refractivity contribution in [3.8, 4) is 11.5 Å². The van der Waals surface area contributed by atoms with Crippen LogP contribution in [0.5, 0.6) is 0 Å². The predicted octanol–water partition coefficient (Wildman–Crippen LogP) is 5.12. The second kappa shape index (κ2) is 7.61. The first-order valence-corrected chi connectivity index (χ1v) is 8.32. The van der Waals surface area contributed by atoms with E-state index in [1.807, 2.05) is 44.2 Å².